The fraction of sp³-hybridized carbons (Fsp3) is 0.600. The molecule has 0 aromatic carbocycles. The second-order valence-electron chi connectivity index (χ2n) is 5.19. The van der Waals surface area contributed by atoms with Gasteiger partial charge in [-0.1, -0.05) is 13.8 Å². The average molecular weight is 279 g/mol. The van der Waals surface area contributed by atoms with Gasteiger partial charge in [-0.05, 0) is 32.8 Å². The van der Waals surface area contributed by atoms with E-state index in [1.807, 2.05) is 34.7 Å². The topological polar surface area (TPSA) is 67.2 Å². The predicted octanol–water partition coefficient (Wildman–Crippen LogP) is 1.72. The van der Waals surface area contributed by atoms with Crippen molar-refractivity contribution in [3.63, 3.8) is 0 Å². The molecule has 0 radical (unpaired) electrons. The van der Waals surface area contributed by atoms with Crippen LogP contribution in [0, 0.1) is 13.8 Å². The molecule has 0 unspecified atom stereocenters. The number of nitrogens with zero attached hydrogens (tertiary/aromatic N) is 2. The van der Waals surface area contributed by atoms with Gasteiger partial charge in [0.15, 0.2) is 0 Å². The quantitative estimate of drug-likeness (QED) is 0.779. The van der Waals surface area contributed by atoms with Crippen LogP contribution >= 0.6 is 0 Å². The van der Waals surface area contributed by atoms with E-state index < -0.39 is 5.60 Å². The third kappa shape index (κ3) is 3.93. The smallest absolute Gasteiger partial charge is 0.244 e. The zero-order valence-corrected chi connectivity index (χ0v) is 13.0. The van der Waals surface area contributed by atoms with Crippen molar-refractivity contribution in [1.29, 1.82) is 0 Å². The van der Waals surface area contributed by atoms with Crippen LogP contribution in [-0.2, 0) is 11.8 Å². The third-order valence-electron chi connectivity index (χ3n) is 3.87. The van der Waals surface area contributed by atoms with E-state index in [1.54, 1.807) is 10.8 Å². The van der Waals surface area contributed by atoms with Crippen molar-refractivity contribution in [2.75, 3.05) is 6.54 Å². The Morgan fingerprint density at radius 1 is 1.40 bits per heavy atom. The van der Waals surface area contributed by atoms with Gasteiger partial charge >= 0.3 is 0 Å². The first kappa shape index (κ1) is 16.4. The van der Waals surface area contributed by atoms with Crippen LogP contribution in [0.4, 0.5) is 0 Å². The van der Waals surface area contributed by atoms with Gasteiger partial charge in [0, 0.05) is 30.9 Å². The molecule has 1 aromatic heterocycles. The maximum absolute atomic E-state index is 11.8. The van der Waals surface area contributed by atoms with Crippen molar-refractivity contribution in [2.45, 2.75) is 46.1 Å². The lowest BCUT2D eigenvalue weighted by Gasteiger charge is -2.24. The number of rotatable bonds is 6. The predicted molar refractivity (Wildman–Crippen MR) is 80.3 cm³/mol. The number of carbonyl (C=O) groups is 1. The summed E-state index contributed by atoms with van der Waals surface area (Å²) in [6, 6.07) is 0. The molecule has 1 aromatic rings. The first-order valence-electron chi connectivity index (χ1n) is 7.01. The van der Waals surface area contributed by atoms with Crippen molar-refractivity contribution < 1.29 is 9.90 Å². The second kappa shape index (κ2) is 6.70. The molecule has 0 saturated heterocycles. The Kier molecular flexibility index (Phi) is 5.51. The Bertz CT molecular complexity index is 499. The summed E-state index contributed by atoms with van der Waals surface area (Å²) in [5.41, 5.74) is 2.06. The van der Waals surface area contributed by atoms with Crippen molar-refractivity contribution >= 4 is 12.0 Å². The lowest BCUT2D eigenvalue weighted by atomic mass is 9.98. The summed E-state index contributed by atoms with van der Waals surface area (Å²) in [5, 5.41) is 17.1. The van der Waals surface area contributed by atoms with Gasteiger partial charge in [0.05, 0.1) is 11.3 Å². The molecule has 1 amide bonds. The van der Waals surface area contributed by atoms with Gasteiger partial charge in [-0.3, -0.25) is 9.48 Å². The molecule has 5 heteroatoms. The molecule has 1 rings (SSSR count). The molecule has 1 heterocycles. The van der Waals surface area contributed by atoms with E-state index in [4.69, 9.17) is 0 Å². The van der Waals surface area contributed by atoms with Gasteiger partial charge in [-0.25, -0.2) is 0 Å². The maximum atomic E-state index is 11.8. The molecule has 2 N–H and O–H groups in total. The highest BCUT2D eigenvalue weighted by molar-refractivity contribution is 5.92. The average Bonchev–Trinajstić information content (AvgIpc) is 2.67. The first-order valence-corrected chi connectivity index (χ1v) is 7.01. The number of hydrogen-bond donors (Lipinski definition) is 2. The Morgan fingerprint density at radius 3 is 2.45 bits per heavy atom. The van der Waals surface area contributed by atoms with Gasteiger partial charge in [0.2, 0.25) is 5.91 Å². The number of nitrogens with one attached hydrogen (secondary N) is 1. The summed E-state index contributed by atoms with van der Waals surface area (Å²) in [7, 11) is 1.88. The summed E-state index contributed by atoms with van der Waals surface area (Å²) < 4.78 is 1.79. The van der Waals surface area contributed by atoms with Crippen LogP contribution < -0.4 is 5.32 Å². The minimum absolute atomic E-state index is 0.201. The van der Waals surface area contributed by atoms with E-state index in [2.05, 4.69) is 10.4 Å². The number of amides is 1. The van der Waals surface area contributed by atoms with Gasteiger partial charge in [-0.15, -0.1) is 0 Å². The van der Waals surface area contributed by atoms with Crippen molar-refractivity contribution in [1.82, 2.24) is 15.1 Å². The van der Waals surface area contributed by atoms with Crippen molar-refractivity contribution in [3.05, 3.63) is 23.0 Å². The SMILES string of the molecule is CCC(O)(CC)CNC(=O)C=Cc1c(C)nn(C)c1C. The fourth-order valence-electron chi connectivity index (χ4n) is 2.00. The largest absolute Gasteiger partial charge is 0.388 e. The van der Waals surface area contributed by atoms with E-state index in [0.717, 1.165) is 17.0 Å². The highest BCUT2D eigenvalue weighted by Crippen LogP contribution is 2.14. The molecule has 0 aliphatic rings. The molecule has 0 saturated carbocycles. The molecular weight excluding hydrogens is 254 g/mol. The summed E-state index contributed by atoms with van der Waals surface area (Å²) >= 11 is 0. The van der Waals surface area contributed by atoms with E-state index in [9.17, 15) is 9.90 Å². The monoisotopic (exact) mass is 279 g/mol. The van der Waals surface area contributed by atoms with Crippen molar-refractivity contribution in [3.8, 4) is 0 Å². The minimum atomic E-state index is -0.816. The highest BCUT2D eigenvalue weighted by atomic mass is 16.3. The summed E-state index contributed by atoms with van der Waals surface area (Å²) in [6.45, 7) is 7.97. The lowest BCUT2D eigenvalue weighted by molar-refractivity contribution is -0.117. The van der Waals surface area contributed by atoms with Crippen LogP contribution in [-0.4, -0.2) is 32.9 Å². The number of aryl methyl sites for hydroxylation is 2. The fourth-order valence-corrected chi connectivity index (χ4v) is 2.00. The Morgan fingerprint density at radius 2 is 2.00 bits per heavy atom. The molecule has 0 spiro atoms. The Hall–Kier alpha value is -1.62. The maximum Gasteiger partial charge on any atom is 0.244 e. The van der Waals surface area contributed by atoms with E-state index in [1.165, 1.54) is 6.08 Å². The molecule has 0 bridgehead atoms. The number of aromatic nitrogens is 2. The van der Waals surface area contributed by atoms with Crippen LogP contribution in [0.15, 0.2) is 6.08 Å². The molecule has 112 valence electrons. The normalized spacial score (nSPS) is 12.1. The van der Waals surface area contributed by atoms with E-state index in [0.29, 0.717) is 12.8 Å². The third-order valence-corrected chi connectivity index (χ3v) is 3.87. The summed E-state index contributed by atoms with van der Waals surface area (Å²) in [5.74, 6) is -0.201. The lowest BCUT2D eigenvalue weighted by Crippen LogP contribution is -2.41. The summed E-state index contributed by atoms with van der Waals surface area (Å²) in [4.78, 5) is 11.8. The van der Waals surface area contributed by atoms with Gasteiger partial charge < -0.3 is 10.4 Å². The van der Waals surface area contributed by atoms with Crippen LogP contribution in [0.25, 0.3) is 6.08 Å². The van der Waals surface area contributed by atoms with Gasteiger partial charge in [0.1, 0.15) is 0 Å². The molecular formula is C15H25N3O2. The van der Waals surface area contributed by atoms with Crippen LogP contribution in [0.1, 0.15) is 43.6 Å². The second-order valence-corrected chi connectivity index (χ2v) is 5.19. The van der Waals surface area contributed by atoms with Crippen molar-refractivity contribution in [2.24, 2.45) is 7.05 Å². The molecule has 0 atom stereocenters. The standard InChI is InChI=1S/C15H25N3O2/c1-6-15(20,7-2)10-16-14(19)9-8-13-11(3)17-18(5)12(13)4/h8-9,20H,6-7,10H2,1-5H3,(H,16,19). The van der Waals surface area contributed by atoms with E-state index >= 15 is 0 Å². The Labute approximate surface area is 120 Å². The molecule has 20 heavy (non-hydrogen) atoms. The molecule has 0 aliphatic carbocycles. The molecule has 0 aliphatic heterocycles. The minimum Gasteiger partial charge on any atom is -0.388 e. The van der Waals surface area contributed by atoms with Crippen LogP contribution in [0.2, 0.25) is 0 Å². The Balaban J connectivity index is 2.65. The van der Waals surface area contributed by atoms with Crippen LogP contribution in [0.5, 0.6) is 0 Å². The zero-order chi connectivity index (χ0) is 15.3. The van der Waals surface area contributed by atoms with Gasteiger partial charge in [-0.2, -0.15) is 5.10 Å². The van der Waals surface area contributed by atoms with E-state index in [-0.39, 0.29) is 12.5 Å². The summed E-state index contributed by atoms with van der Waals surface area (Å²) in [6.07, 6.45) is 4.50. The number of hydrogen-bond acceptors (Lipinski definition) is 3. The van der Waals surface area contributed by atoms with Crippen LogP contribution in [0.3, 0.4) is 0 Å². The molecule has 0 fully saturated rings. The first-order chi connectivity index (χ1) is 9.33. The number of carbonyl (C=O) groups excluding carboxylic acids is 1. The highest BCUT2D eigenvalue weighted by Gasteiger charge is 2.22. The molecule has 5 nitrogen and oxygen atoms in total. The number of aliphatic hydroxyl groups is 1. The zero-order valence-electron chi connectivity index (χ0n) is 13.0. The van der Waals surface area contributed by atoms with Gasteiger partial charge in [0.25, 0.3) is 0 Å².